The van der Waals surface area contributed by atoms with Crippen molar-refractivity contribution in [2.45, 2.75) is 45.6 Å². The molecule has 0 saturated carbocycles. The molecule has 1 heterocycles. The van der Waals surface area contributed by atoms with E-state index >= 15 is 0 Å². The highest BCUT2D eigenvalue weighted by Crippen LogP contribution is 2.27. The van der Waals surface area contributed by atoms with Gasteiger partial charge in [0.1, 0.15) is 5.75 Å². The summed E-state index contributed by atoms with van der Waals surface area (Å²) < 4.78 is 11.0. The van der Waals surface area contributed by atoms with Crippen LogP contribution < -0.4 is 15.4 Å². The van der Waals surface area contributed by atoms with Crippen molar-refractivity contribution in [1.29, 1.82) is 0 Å². The SMILES string of the molecule is CC(C)(Oc1ccc(C(C)(C)C)cc1)C(=O)Nc1cccc(NC(=O)c2ccco2)c1. The molecule has 3 aromatic rings. The summed E-state index contributed by atoms with van der Waals surface area (Å²) in [6, 6.07) is 17.9. The number of amides is 2. The zero-order valence-corrected chi connectivity index (χ0v) is 18.5. The number of nitrogens with one attached hydrogen (secondary N) is 2. The molecule has 0 aliphatic carbocycles. The number of hydrogen-bond acceptors (Lipinski definition) is 4. The number of furan rings is 1. The highest BCUT2D eigenvalue weighted by Gasteiger charge is 2.30. The van der Waals surface area contributed by atoms with E-state index in [2.05, 4.69) is 31.4 Å². The van der Waals surface area contributed by atoms with Crippen LogP contribution in [0.15, 0.2) is 71.3 Å². The molecule has 2 aromatic carbocycles. The van der Waals surface area contributed by atoms with Gasteiger partial charge in [0.2, 0.25) is 0 Å². The Morgan fingerprint density at radius 3 is 2.06 bits per heavy atom. The molecule has 0 aliphatic rings. The first-order chi connectivity index (χ1) is 14.5. The van der Waals surface area contributed by atoms with Gasteiger partial charge in [-0.1, -0.05) is 39.0 Å². The molecule has 31 heavy (non-hydrogen) atoms. The van der Waals surface area contributed by atoms with Crippen molar-refractivity contribution < 1.29 is 18.7 Å². The third-order valence-electron chi connectivity index (χ3n) is 4.76. The second-order valence-corrected chi connectivity index (χ2v) is 8.85. The molecule has 0 aliphatic heterocycles. The average Bonchev–Trinajstić information content (AvgIpc) is 3.22. The van der Waals surface area contributed by atoms with E-state index in [0.29, 0.717) is 17.1 Å². The molecule has 0 radical (unpaired) electrons. The number of anilines is 2. The number of benzene rings is 2. The minimum atomic E-state index is -1.10. The summed E-state index contributed by atoms with van der Waals surface area (Å²) in [7, 11) is 0. The Hall–Kier alpha value is -3.54. The minimum absolute atomic E-state index is 0.0444. The van der Waals surface area contributed by atoms with E-state index in [1.165, 1.54) is 11.8 Å². The number of rotatable bonds is 6. The standard InChI is InChI=1S/C25H28N2O4/c1-24(2,3)17-11-13-20(14-12-17)31-25(4,5)23(29)27-19-9-6-8-18(16-19)26-22(28)21-10-7-15-30-21/h6-16H,1-5H3,(H,26,28)(H,27,29). The Kier molecular flexibility index (Phi) is 6.20. The van der Waals surface area contributed by atoms with Crippen molar-refractivity contribution in [3.05, 3.63) is 78.3 Å². The fourth-order valence-corrected chi connectivity index (χ4v) is 2.92. The lowest BCUT2D eigenvalue weighted by atomic mass is 9.87. The Bertz CT molecular complexity index is 1050. The topological polar surface area (TPSA) is 80.6 Å². The smallest absolute Gasteiger partial charge is 0.291 e. The highest BCUT2D eigenvalue weighted by molar-refractivity contribution is 6.03. The van der Waals surface area contributed by atoms with Crippen LogP contribution in [0.25, 0.3) is 0 Å². The van der Waals surface area contributed by atoms with Crippen molar-refractivity contribution in [2.75, 3.05) is 10.6 Å². The third-order valence-corrected chi connectivity index (χ3v) is 4.76. The lowest BCUT2D eigenvalue weighted by Crippen LogP contribution is -2.42. The molecule has 3 rings (SSSR count). The first-order valence-electron chi connectivity index (χ1n) is 10.1. The Labute approximate surface area is 182 Å². The Balaban J connectivity index is 1.65. The molecule has 0 unspecified atom stereocenters. The van der Waals surface area contributed by atoms with Gasteiger partial charge in [-0.2, -0.15) is 0 Å². The van der Waals surface area contributed by atoms with Gasteiger partial charge < -0.3 is 19.8 Å². The first-order valence-corrected chi connectivity index (χ1v) is 10.1. The van der Waals surface area contributed by atoms with Gasteiger partial charge >= 0.3 is 0 Å². The Morgan fingerprint density at radius 2 is 1.48 bits per heavy atom. The molecule has 0 atom stereocenters. The summed E-state index contributed by atoms with van der Waals surface area (Å²) in [5.74, 6) is 0.159. The van der Waals surface area contributed by atoms with Crippen LogP contribution in [0.4, 0.5) is 11.4 Å². The van der Waals surface area contributed by atoms with Crippen LogP contribution in [-0.4, -0.2) is 17.4 Å². The predicted molar refractivity (Wildman–Crippen MR) is 122 cm³/mol. The largest absolute Gasteiger partial charge is 0.478 e. The molecule has 2 amide bonds. The third kappa shape index (κ3) is 5.75. The zero-order chi connectivity index (χ0) is 22.6. The molecular weight excluding hydrogens is 392 g/mol. The maximum atomic E-state index is 12.8. The van der Waals surface area contributed by atoms with Gasteiger partial charge in [-0.05, 0) is 67.3 Å². The van der Waals surface area contributed by atoms with Crippen LogP contribution in [0.2, 0.25) is 0 Å². The molecule has 6 nitrogen and oxygen atoms in total. The summed E-state index contributed by atoms with van der Waals surface area (Å²) in [5, 5.41) is 5.59. The fourth-order valence-electron chi connectivity index (χ4n) is 2.92. The van der Waals surface area contributed by atoms with Gasteiger partial charge in [-0.25, -0.2) is 0 Å². The average molecular weight is 421 g/mol. The lowest BCUT2D eigenvalue weighted by Gasteiger charge is -2.26. The second-order valence-electron chi connectivity index (χ2n) is 8.85. The predicted octanol–water partition coefficient (Wildman–Crippen LogP) is 5.63. The van der Waals surface area contributed by atoms with Crippen LogP contribution in [0, 0.1) is 0 Å². The minimum Gasteiger partial charge on any atom is -0.478 e. The van der Waals surface area contributed by atoms with Gasteiger partial charge in [0.05, 0.1) is 6.26 Å². The molecule has 0 fully saturated rings. The molecule has 0 bridgehead atoms. The van der Waals surface area contributed by atoms with Crippen molar-refractivity contribution in [3.8, 4) is 5.75 Å². The summed E-state index contributed by atoms with van der Waals surface area (Å²) in [6.07, 6.45) is 1.43. The van der Waals surface area contributed by atoms with Crippen LogP contribution in [0.1, 0.15) is 50.7 Å². The van der Waals surface area contributed by atoms with E-state index in [9.17, 15) is 9.59 Å². The van der Waals surface area contributed by atoms with E-state index in [4.69, 9.17) is 9.15 Å². The first kappa shape index (κ1) is 22.2. The molecule has 162 valence electrons. The van der Waals surface area contributed by atoms with Gasteiger partial charge in [0.15, 0.2) is 11.4 Å². The van der Waals surface area contributed by atoms with Crippen molar-refractivity contribution in [3.63, 3.8) is 0 Å². The fraction of sp³-hybridized carbons (Fsp3) is 0.280. The van der Waals surface area contributed by atoms with Gasteiger partial charge in [0.25, 0.3) is 11.8 Å². The monoisotopic (exact) mass is 420 g/mol. The Morgan fingerprint density at radius 1 is 0.839 bits per heavy atom. The van der Waals surface area contributed by atoms with Crippen LogP contribution in [0.3, 0.4) is 0 Å². The summed E-state index contributed by atoms with van der Waals surface area (Å²) in [5.41, 5.74) is 1.22. The summed E-state index contributed by atoms with van der Waals surface area (Å²) in [4.78, 5) is 25.0. The summed E-state index contributed by atoms with van der Waals surface area (Å²) >= 11 is 0. The zero-order valence-electron chi connectivity index (χ0n) is 18.5. The van der Waals surface area contributed by atoms with Gasteiger partial charge in [-0.3, -0.25) is 9.59 Å². The van der Waals surface area contributed by atoms with Crippen LogP contribution >= 0.6 is 0 Å². The quantitative estimate of drug-likeness (QED) is 0.542. The normalized spacial score (nSPS) is 11.6. The van der Waals surface area contributed by atoms with E-state index < -0.39 is 5.60 Å². The molecule has 6 heteroatoms. The second kappa shape index (κ2) is 8.68. The molecule has 2 N–H and O–H groups in total. The van der Waals surface area contributed by atoms with Gasteiger partial charge in [-0.15, -0.1) is 0 Å². The molecule has 0 saturated heterocycles. The molecular formula is C25H28N2O4. The maximum absolute atomic E-state index is 12.8. The van der Waals surface area contributed by atoms with E-state index in [1.54, 1.807) is 50.2 Å². The van der Waals surface area contributed by atoms with Crippen LogP contribution in [0.5, 0.6) is 5.75 Å². The number of ether oxygens (including phenoxy) is 1. The lowest BCUT2D eigenvalue weighted by molar-refractivity contribution is -0.128. The summed E-state index contributed by atoms with van der Waals surface area (Å²) in [6.45, 7) is 9.85. The number of carbonyl (C=O) groups is 2. The van der Waals surface area contributed by atoms with Gasteiger partial charge in [0, 0.05) is 11.4 Å². The van der Waals surface area contributed by atoms with E-state index in [-0.39, 0.29) is 23.0 Å². The van der Waals surface area contributed by atoms with Crippen LogP contribution in [-0.2, 0) is 10.2 Å². The van der Waals surface area contributed by atoms with Crippen molar-refractivity contribution in [2.24, 2.45) is 0 Å². The van der Waals surface area contributed by atoms with Crippen molar-refractivity contribution >= 4 is 23.2 Å². The number of carbonyl (C=O) groups excluding carboxylic acids is 2. The highest BCUT2D eigenvalue weighted by atomic mass is 16.5. The van der Waals surface area contributed by atoms with E-state index in [0.717, 1.165) is 0 Å². The van der Waals surface area contributed by atoms with Crippen molar-refractivity contribution in [1.82, 2.24) is 0 Å². The molecule has 0 spiro atoms. The van der Waals surface area contributed by atoms with E-state index in [1.807, 2.05) is 24.3 Å². The maximum Gasteiger partial charge on any atom is 0.291 e. The molecule has 1 aromatic heterocycles. The number of hydrogen-bond donors (Lipinski definition) is 2.